The van der Waals surface area contributed by atoms with Crippen molar-refractivity contribution in [2.24, 2.45) is 5.73 Å². The fourth-order valence-electron chi connectivity index (χ4n) is 1.53. The molecule has 0 aliphatic carbocycles. The van der Waals surface area contributed by atoms with E-state index >= 15 is 0 Å². The molecule has 1 atom stereocenters. The highest BCUT2D eigenvalue weighted by Gasteiger charge is 2.15. The molecule has 3 N–H and O–H groups in total. The van der Waals surface area contributed by atoms with Crippen molar-refractivity contribution < 1.29 is 13.6 Å². The molecule has 1 aromatic carbocycles. The molecule has 0 aliphatic heterocycles. The number of nitrogens with one attached hydrogen (secondary N) is 1. The summed E-state index contributed by atoms with van der Waals surface area (Å²) in [5.41, 5.74) is 5.31. The summed E-state index contributed by atoms with van der Waals surface area (Å²) in [5.74, 6) is -2.14. The van der Waals surface area contributed by atoms with Gasteiger partial charge in [-0.3, -0.25) is 4.79 Å². The van der Waals surface area contributed by atoms with Crippen LogP contribution in [0, 0.1) is 11.6 Å². The summed E-state index contributed by atoms with van der Waals surface area (Å²) in [6.45, 7) is 2.26. The third-order valence-electron chi connectivity index (χ3n) is 2.43. The van der Waals surface area contributed by atoms with Crippen LogP contribution in [0.1, 0.15) is 30.1 Å². The van der Waals surface area contributed by atoms with E-state index in [0.29, 0.717) is 12.6 Å². The van der Waals surface area contributed by atoms with Crippen LogP contribution in [-0.2, 0) is 0 Å². The first kappa shape index (κ1) is 13.6. The molecule has 0 radical (unpaired) electrons. The number of benzene rings is 1. The van der Waals surface area contributed by atoms with Crippen LogP contribution in [0.2, 0.25) is 0 Å². The Bertz CT molecular complexity index is 396. The van der Waals surface area contributed by atoms with Gasteiger partial charge in [-0.25, -0.2) is 8.78 Å². The molecular weight excluding hydrogens is 226 g/mol. The monoisotopic (exact) mass is 242 g/mol. The minimum absolute atomic E-state index is 0.166. The van der Waals surface area contributed by atoms with Gasteiger partial charge in [0.15, 0.2) is 0 Å². The predicted molar refractivity (Wildman–Crippen MR) is 61.6 cm³/mol. The van der Waals surface area contributed by atoms with Crippen LogP contribution >= 0.6 is 0 Å². The first-order chi connectivity index (χ1) is 8.08. The Morgan fingerprint density at radius 1 is 1.47 bits per heavy atom. The molecule has 1 unspecified atom stereocenters. The van der Waals surface area contributed by atoms with Crippen LogP contribution < -0.4 is 11.1 Å². The van der Waals surface area contributed by atoms with Crippen LogP contribution in [-0.4, -0.2) is 18.5 Å². The van der Waals surface area contributed by atoms with E-state index in [-0.39, 0.29) is 11.6 Å². The highest BCUT2D eigenvalue weighted by atomic mass is 19.1. The van der Waals surface area contributed by atoms with E-state index in [1.807, 2.05) is 6.92 Å². The molecule has 0 fully saturated rings. The molecular formula is C12H16F2N2O. The summed E-state index contributed by atoms with van der Waals surface area (Å²) in [4.78, 5) is 11.7. The number of nitrogens with two attached hydrogens (primary N) is 1. The summed E-state index contributed by atoms with van der Waals surface area (Å²) in [6, 6.07) is 2.68. The van der Waals surface area contributed by atoms with Gasteiger partial charge in [-0.2, -0.15) is 0 Å². The first-order valence-corrected chi connectivity index (χ1v) is 5.54. The Labute approximate surface area is 99.0 Å². The fraction of sp³-hybridized carbons (Fsp3) is 0.417. The summed E-state index contributed by atoms with van der Waals surface area (Å²) in [6.07, 6.45) is 1.60. The molecule has 0 bridgehead atoms. The van der Waals surface area contributed by atoms with E-state index in [2.05, 4.69) is 5.32 Å². The van der Waals surface area contributed by atoms with Crippen molar-refractivity contribution in [3.05, 3.63) is 35.4 Å². The maximum atomic E-state index is 13.3. The SMILES string of the molecule is CCCC(CN)NC(=O)c1ccc(F)cc1F. The third-order valence-corrected chi connectivity index (χ3v) is 2.43. The topological polar surface area (TPSA) is 55.1 Å². The van der Waals surface area contributed by atoms with Gasteiger partial charge in [-0.05, 0) is 18.6 Å². The zero-order valence-corrected chi connectivity index (χ0v) is 9.67. The van der Waals surface area contributed by atoms with E-state index in [4.69, 9.17) is 5.73 Å². The van der Waals surface area contributed by atoms with Gasteiger partial charge in [0, 0.05) is 18.7 Å². The molecule has 0 heterocycles. The number of carbonyl (C=O) groups excluding carboxylic acids is 1. The van der Waals surface area contributed by atoms with Crippen molar-refractivity contribution in [1.29, 1.82) is 0 Å². The second-order valence-corrected chi connectivity index (χ2v) is 3.82. The molecule has 94 valence electrons. The normalized spacial score (nSPS) is 12.2. The molecule has 0 saturated carbocycles. The van der Waals surface area contributed by atoms with Gasteiger partial charge in [0.05, 0.1) is 5.56 Å². The van der Waals surface area contributed by atoms with Crippen LogP contribution in [0.25, 0.3) is 0 Å². The zero-order chi connectivity index (χ0) is 12.8. The largest absolute Gasteiger partial charge is 0.348 e. The van der Waals surface area contributed by atoms with Gasteiger partial charge in [0.1, 0.15) is 11.6 Å². The lowest BCUT2D eigenvalue weighted by Crippen LogP contribution is -2.40. The molecule has 0 spiro atoms. The lowest BCUT2D eigenvalue weighted by atomic mass is 10.1. The number of hydrogen-bond acceptors (Lipinski definition) is 2. The molecule has 1 amide bonds. The second kappa shape index (κ2) is 6.30. The van der Waals surface area contributed by atoms with Crippen LogP contribution in [0.5, 0.6) is 0 Å². The molecule has 3 nitrogen and oxygen atoms in total. The molecule has 17 heavy (non-hydrogen) atoms. The maximum Gasteiger partial charge on any atom is 0.254 e. The minimum atomic E-state index is -0.866. The van der Waals surface area contributed by atoms with E-state index in [0.717, 1.165) is 25.0 Å². The molecule has 1 rings (SSSR count). The van der Waals surface area contributed by atoms with Crippen molar-refractivity contribution in [3.63, 3.8) is 0 Å². The lowest BCUT2D eigenvalue weighted by Gasteiger charge is -2.16. The van der Waals surface area contributed by atoms with Crippen LogP contribution in [0.4, 0.5) is 8.78 Å². The van der Waals surface area contributed by atoms with Gasteiger partial charge in [0.25, 0.3) is 5.91 Å². The molecule has 5 heteroatoms. The number of rotatable bonds is 5. The van der Waals surface area contributed by atoms with Crippen LogP contribution in [0.15, 0.2) is 18.2 Å². The number of halogens is 2. The Balaban J connectivity index is 2.75. The first-order valence-electron chi connectivity index (χ1n) is 5.54. The molecule has 1 aromatic rings. The van der Waals surface area contributed by atoms with Crippen LogP contribution in [0.3, 0.4) is 0 Å². The average molecular weight is 242 g/mol. The van der Waals surface area contributed by atoms with Crippen molar-refractivity contribution in [2.45, 2.75) is 25.8 Å². The van der Waals surface area contributed by atoms with Gasteiger partial charge >= 0.3 is 0 Å². The Morgan fingerprint density at radius 2 is 2.18 bits per heavy atom. The molecule has 0 saturated heterocycles. The number of hydrogen-bond donors (Lipinski definition) is 2. The van der Waals surface area contributed by atoms with E-state index in [1.165, 1.54) is 0 Å². The predicted octanol–water partition coefficient (Wildman–Crippen LogP) is 1.82. The second-order valence-electron chi connectivity index (χ2n) is 3.82. The number of carbonyl (C=O) groups is 1. The fourth-order valence-corrected chi connectivity index (χ4v) is 1.53. The van der Waals surface area contributed by atoms with Crippen molar-refractivity contribution in [3.8, 4) is 0 Å². The van der Waals surface area contributed by atoms with Gasteiger partial charge < -0.3 is 11.1 Å². The third kappa shape index (κ3) is 3.78. The highest BCUT2D eigenvalue weighted by molar-refractivity contribution is 5.94. The summed E-state index contributed by atoms with van der Waals surface area (Å²) in [7, 11) is 0. The molecule has 0 aliphatic rings. The maximum absolute atomic E-state index is 13.3. The highest BCUT2D eigenvalue weighted by Crippen LogP contribution is 2.10. The Morgan fingerprint density at radius 3 is 2.71 bits per heavy atom. The van der Waals surface area contributed by atoms with E-state index < -0.39 is 17.5 Å². The number of amides is 1. The van der Waals surface area contributed by atoms with Crippen molar-refractivity contribution in [1.82, 2.24) is 5.32 Å². The molecule has 0 aromatic heterocycles. The van der Waals surface area contributed by atoms with Gasteiger partial charge in [-0.15, -0.1) is 0 Å². The van der Waals surface area contributed by atoms with E-state index in [9.17, 15) is 13.6 Å². The zero-order valence-electron chi connectivity index (χ0n) is 9.67. The standard InChI is InChI=1S/C12H16F2N2O/c1-2-3-9(7-15)16-12(17)10-5-4-8(13)6-11(10)14/h4-6,9H,2-3,7,15H2,1H3,(H,16,17). The Hall–Kier alpha value is -1.49. The van der Waals surface area contributed by atoms with Gasteiger partial charge in [0.2, 0.25) is 0 Å². The lowest BCUT2D eigenvalue weighted by molar-refractivity contribution is 0.0932. The summed E-state index contributed by atoms with van der Waals surface area (Å²) < 4.78 is 26.0. The Kier molecular flexibility index (Phi) is 5.03. The smallest absolute Gasteiger partial charge is 0.254 e. The quantitative estimate of drug-likeness (QED) is 0.827. The van der Waals surface area contributed by atoms with Crippen molar-refractivity contribution in [2.75, 3.05) is 6.54 Å². The summed E-state index contributed by atoms with van der Waals surface area (Å²) in [5, 5.41) is 2.62. The summed E-state index contributed by atoms with van der Waals surface area (Å²) >= 11 is 0. The van der Waals surface area contributed by atoms with Gasteiger partial charge in [-0.1, -0.05) is 13.3 Å². The van der Waals surface area contributed by atoms with Crippen molar-refractivity contribution >= 4 is 5.91 Å². The van der Waals surface area contributed by atoms with E-state index in [1.54, 1.807) is 0 Å². The minimum Gasteiger partial charge on any atom is -0.348 e. The average Bonchev–Trinajstić information content (AvgIpc) is 2.28.